The Balaban J connectivity index is 2.12. The van der Waals surface area contributed by atoms with Crippen LogP contribution in [0.5, 0.6) is 0 Å². The number of oxazole rings is 1. The van der Waals surface area contributed by atoms with E-state index < -0.39 is 0 Å². The third-order valence-corrected chi connectivity index (χ3v) is 3.09. The number of hydrogen-bond acceptors (Lipinski definition) is 4. The third kappa shape index (κ3) is 4.88. The van der Waals surface area contributed by atoms with Crippen LogP contribution in [-0.4, -0.2) is 36.1 Å². The number of nitrogens with one attached hydrogen (secondary N) is 1. The lowest BCUT2D eigenvalue weighted by molar-refractivity contribution is 0.268. The van der Waals surface area contributed by atoms with Crippen LogP contribution < -0.4 is 5.32 Å². The molecule has 1 rings (SSSR count). The number of hydrogen-bond donors (Lipinski definition) is 1. The Morgan fingerprint density at radius 2 is 2.06 bits per heavy atom. The van der Waals surface area contributed by atoms with Crippen molar-refractivity contribution in [3.05, 3.63) is 17.3 Å². The number of aryl methyl sites for hydroxylation is 2. The minimum Gasteiger partial charge on any atom is -0.444 e. The first-order valence-electron chi connectivity index (χ1n) is 6.34. The predicted octanol–water partition coefficient (Wildman–Crippen LogP) is 2.11. The van der Waals surface area contributed by atoms with Gasteiger partial charge in [0.15, 0.2) is 0 Å². The van der Waals surface area contributed by atoms with Gasteiger partial charge in [-0.05, 0) is 54.3 Å². The van der Waals surface area contributed by atoms with Crippen molar-refractivity contribution in [3.63, 3.8) is 0 Å². The first kappa shape index (κ1) is 14.2. The Bertz CT molecular complexity index is 314. The van der Waals surface area contributed by atoms with Crippen LogP contribution in [0.2, 0.25) is 0 Å². The Kier molecular flexibility index (Phi) is 5.65. The second-order valence-electron chi connectivity index (χ2n) is 4.85. The third-order valence-electron chi connectivity index (χ3n) is 3.09. The molecule has 0 aromatic carbocycles. The fourth-order valence-electron chi connectivity index (χ4n) is 1.52. The van der Waals surface area contributed by atoms with E-state index in [1.54, 1.807) is 0 Å². The lowest BCUT2D eigenvalue weighted by Gasteiger charge is -2.20. The predicted molar refractivity (Wildman–Crippen MR) is 70.1 cm³/mol. The van der Waals surface area contributed by atoms with Gasteiger partial charge in [-0.1, -0.05) is 0 Å². The summed E-state index contributed by atoms with van der Waals surface area (Å²) >= 11 is 0. The van der Waals surface area contributed by atoms with Gasteiger partial charge in [-0.2, -0.15) is 0 Å². The average Bonchev–Trinajstić information content (AvgIpc) is 2.57. The second kappa shape index (κ2) is 6.77. The van der Waals surface area contributed by atoms with Crippen molar-refractivity contribution in [1.29, 1.82) is 0 Å². The lowest BCUT2D eigenvalue weighted by Crippen LogP contribution is -2.29. The normalized spacial score (nSPS) is 11.7. The molecule has 0 saturated heterocycles. The van der Waals surface area contributed by atoms with Gasteiger partial charge in [0.25, 0.3) is 0 Å². The van der Waals surface area contributed by atoms with Crippen LogP contribution in [0.1, 0.15) is 37.6 Å². The standard InChI is InChI=1S/C13H25N3O/c1-10(2)16(5)8-6-7-14-9-13-15-11(3)12(4)17-13/h10,14H,6-9H2,1-5H3. The van der Waals surface area contributed by atoms with E-state index in [-0.39, 0.29) is 0 Å². The Morgan fingerprint density at radius 3 is 2.59 bits per heavy atom. The molecule has 98 valence electrons. The fraction of sp³-hybridized carbons (Fsp3) is 0.769. The van der Waals surface area contributed by atoms with E-state index in [0.29, 0.717) is 6.04 Å². The van der Waals surface area contributed by atoms with E-state index in [0.717, 1.165) is 43.4 Å². The van der Waals surface area contributed by atoms with Crippen LogP contribution in [0, 0.1) is 13.8 Å². The zero-order chi connectivity index (χ0) is 12.8. The number of rotatable bonds is 7. The molecule has 0 aliphatic carbocycles. The smallest absolute Gasteiger partial charge is 0.208 e. The maximum absolute atomic E-state index is 5.50. The summed E-state index contributed by atoms with van der Waals surface area (Å²) in [5.74, 6) is 1.71. The van der Waals surface area contributed by atoms with Crippen molar-refractivity contribution >= 4 is 0 Å². The summed E-state index contributed by atoms with van der Waals surface area (Å²) in [6.07, 6.45) is 1.15. The summed E-state index contributed by atoms with van der Waals surface area (Å²) in [7, 11) is 2.16. The van der Waals surface area contributed by atoms with Gasteiger partial charge in [0, 0.05) is 6.04 Å². The van der Waals surface area contributed by atoms with E-state index >= 15 is 0 Å². The molecule has 17 heavy (non-hydrogen) atoms. The minimum absolute atomic E-state index is 0.618. The van der Waals surface area contributed by atoms with Gasteiger partial charge in [0.2, 0.25) is 5.89 Å². The molecule has 0 aliphatic rings. The Morgan fingerprint density at radius 1 is 1.35 bits per heavy atom. The van der Waals surface area contributed by atoms with E-state index in [9.17, 15) is 0 Å². The van der Waals surface area contributed by atoms with Crippen LogP contribution in [0.15, 0.2) is 4.42 Å². The molecule has 0 spiro atoms. The molecule has 0 fully saturated rings. The van der Waals surface area contributed by atoms with Gasteiger partial charge < -0.3 is 14.6 Å². The van der Waals surface area contributed by atoms with Crippen LogP contribution >= 0.6 is 0 Å². The topological polar surface area (TPSA) is 41.3 Å². The summed E-state index contributed by atoms with van der Waals surface area (Å²) in [5, 5.41) is 3.35. The highest BCUT2D eigenvalue weighted by molar-refractivity contribution is 5.04. The summed E-state index contributed by atoms with van der Waals surface area (Å²) in [6, 6.07) is 0.618. The molecule has 0 aliphatic heterocycles. The summed E-state index contributed by atoms with van der Waals surface area (Å²) in [5.41, 5.74) is 0.987. The summed E-state index contributed by atoms with van der Waals surface area (Å²) in [4.78, 5) is 6.68. The van der Waals surface area contributed by atoms with E-state index in [2.05, 4.69) is 36.1 Å². The maximum atomic E-state index is 5.50. The minimum atomic E-state index is 0.618. The SMILES string of the molecule is Cc1nc(CNCCCN(C)C(C)C)oc1C. The van der Waals surface area contributed by atoms with Crippen molar-refractivity contribution < 1.29 is 4.42 Å². The molecular weight excluding hydrogens is 214 g/mol. The first-order valence-corrected chi connectivity index (χ1v) is 6.34. The molecule has 0 bridgehead atoms. The van der Waals surface area contributed by atoms with Crippen molar-refractivity contribution in [2.75, 3.05) is 20.1 Å². The Hall–Kier alpha value is -0.870. The number of aromatic nitrogens is 1. The molecule has 0 atom stereocenters. The van der Waals surface area contributed by atoms with E-state index in [1.165, 1.54) is 0 Å². The molecule has 0 radical (unpaired) electrons. The molecule has 1 aromatic heterocycles. The summed E-state index contributed by atoms with van der Waals surface area (Å²) < 4.78 is 5.50. The van der Waals surface area contributed by atoms with Gasteiger partial charge >= 0.3 is 0 Å². The van der Waals surface area contributed by atoms with Crippen molar-refractivity contribution in [2.45, 2.75) is 46.7 Å². The molecule has 1 N–H and O–H groups in total. The average molecular weight is 239 g/mol. The van der Waals surface area contributed by atoms with Crippen molar-refractivity contribution in [2.24, 2.45) is 0 Å². The number of nitrogens with zero attached hydrogens (tertiary/aromatic N) is 2. The van der Waals surface area contributed by atoms with Crippen LogP contribution in [-0.2, 0) is 6.54 Å². The maximum Gasteiger partial charge on any atom is 0.208 e. The van der Waals surface area contributed by atoms with Gasteiger partial charge in [0.05, 0.1) is 12.2 Å². The molecule has 4 heteroatoms. The highest BCUT2D eigenvalue weighted by Gasteiger charge is 2.05. The zero-order valence-corrected chi connectivity index (χ0v) is 11.7. The van der Waals surface area contributed by atoms with Crippen molar-refractivity contribution in [1.82, 2.24) is 15.2 Å². The van der Waals surface area contributed by atoms with Gasteiger partial charge in [-0.25, -0.2) is 4.98 Å². The van der Waals surface area contributed by atoms with E-state index in [4.69, 9.17) is 4.42 Å². The monoisotopic (exact) mass is 239 g/mol. The molecule has 0 saturated carbocycles. The fourth-order valence-corrected chi connectivity index (χ4v) is 1.52. The van der Waals surface area contributed by atoms with Gasteiger partial charge in [-0.3, -0.25) is 0 Å². The molecule has 1 aromatic rings. The highest BCUT2D eigenvalue weighted by atomic mass is 16.4. The molecule has 0 unspecified atom stereocenters. The van der Waals surface area contributed by atoms with Gasteiger partial charge in [0.1, 0.15) is 5.76 Å². The van der Waals surface area contributed by atoms with Crippen LogP contribution in [0.25, 0.3) is 0 Å². The largest absolute Gasteiger partial charge is 0.444 e. The highest BCUT2D eigenvalue weighted by Crippen LogP contribution is 2.07. The zero-order valence-electron chi connectivity index (χ0n) is 11.7. The van der Waals surface area contributed by atoms with Gasteiger partial charge in [-0.15, -0.1) is 0 Å². The second-order valence-corrected chi connectivity index (χ2v) is 4.85. The summed E-state index contributed by atoms with van der Waals surface area (Å²) in [6.45, 7) is 11.2. The van der Waals surface area contributed by atoms with Crippen LogP contribution in [0.4, 0.5) is 0 Å². The quantitative estimate of drug-likeness (QED) is 0.740. The molecule has 1 heterocycles. The van der Waals surface area contributed by atoms with E-state index in [1.807, 2.05) is 13.8 Å². The lowest BCUT2D eigenvalue weighted by atomic mass is 10.3. The Labute approximate surface area is 104 Å². The molecule has 4 nitrogen and oxygen atoms in total. The molecule has 0 amide bonds. The van der Waals surface area contributed by atoms with Crippen molar-refractivity contribution in [3.8, 4) is 0 Å². The first-order chi connectivity index (χ1) is 8.00. The molecular formula is C13H25N3O. The van der Waals surface area contributed by atoms with Crippen LogP contribution in [0.3, 0.4) is 0 Å².